The van der Waals surface area contributed by atoms with E-state index in [-0.39, 0.29) is 5.91 Å². The SMILES string of the molecule is O=C(CN1CCCC1)N1CCN(c2ccccc2)C[C@H](Cc2cnccn2)C1. The van der Waals surface area contributed by atoms with Crippen LogP contribution < -0.4 is 4.90 Å². The first-order valence-corrected chi connectivity index (χ1v) is 10.3. The molecule has 148 valence electrons. The van der Waals surface area contributed by atoms with Gasteiger partial charge in [0.25, 0.3) is 0 Å². The molecule has 3 heterocycles. The smallest absolute Gasteiger partial charge is 0.236 e. The normalized spacial score (nSPS) is 20.9. The van der Waals surface area contributed by atoms with Gasteiger partial charge in [0.1, 0.15) is 0 Å². The molecule has 1 aromatic carbocycles. The third-order valence-electron chi connectivity index (χ3n) is 5.74. The molecule has 2 aliphatic heterocycles. The Morgan fingerprint density at radius 1 is 1.00 bits per heavy atom. The Morgan fingerprint density at radius 3 is 2.57 bits per heavy atom. The molecule has 6 heteroatoms. The van der Waals surface area contributed by atoms with Crippen molar-refractivity contribution in [3.05, 3.63) is 54.6 Å². The molecule has 0 spiro atoms. The molecule has 0 radical (unpaired) electrons. The van der Waals surface area contributed by atoms with Crippen LogP contribution in [0.2, 0.25) is 0 Å². The molecule has 1 atom stereocenters. The molecule has 28 heavy (non-hydrogen) atoms. The van der Waals surface area contributed by atoms with Crippen molar-refractivity contribution in [2.24, 2.45) is 5.92 Å². The predicted octanol–water partition coefficient (Wildman–Crippen LogP) is 2.08. The van der Waals surface area contributed by atoms with Gasteiger partial charge in [-0.25, -0.2) is 0 Å². The fourth-order valence-electron chi connectivity index (χ4n) is 4.30. The number of hydrogen-bond acceptors (Lipinski definition) is 5. The van der Waals surface area contributed by atoms with Crippen LogP contribution in [0.15, 0.2) is 48.9 Å². The Balaban J connectivity index is 1.48. The van der Waals surface area contributed by atoms with Crippen LogP contribution in [0.1, 0.15) is 18.5 Å². The Labute approximate surface area is 167 Å². The lowest BCUT2D eigenvalue weighted by Gasteiger charge is -2.26. The minimum absolute atomic E-state index is 0.265. The maximum atomic E-state index is 13.0. The minimum atomic E-state index is 0.265. The number of amides is 1. The fraction of sp³-hybridized carbons (Fsp3) is 0.500. The average molecular weight is 380 g/mol. The first kappa shape index (κ1) is 18.9. The summed E-state index contributed by atoms with van der Waals surface area (Å²) in [6.07, 6.45) is 8.56. The van der Waals surface area contributed by atoms with Gasteiger partial charge in [0.05, 0.1) is 12.2 Å². The van der Waals surface area contributed by atoms with Crippen LogP contribution >= 0.6 is 0 Å². The highest BCUT2D eigenvalue weighted by Crippen LogP contribution is 2.21. The van der Waals surface area contributed by atoms with Crippen molar-refractivity contribution in [1.29, 1.82) is 0 Å². The van der Waals surface area contributed by atoms with Gasteiger partial charge < -0.3 is 9.80 Å². The Kier molecular flexibility index (Phi) is 6.17. The number of para-hydroxylation sites is 1. The molecule has 2 fully saturated rings. The summed E-state index contributed by atoms with van der Waals surface area (Å²) in [5, 5.41) is 0. The lowest BCUT2D eigenvalue weighted by atomic mass is 10.0. The lowest BCUT2D eigenvalue weighted by Crippen LogP contribution is -2.42. The molecular weight excluding hydrogens is 350 g/mol. The second-order valence-electron chi connectivity index (χ2n) is 7.87. The quantitative estimate of drug-likeness (QED) is 0.796. The van der Waals surface area contributed by atoms with Crippen LogP contribution in [0.5, 0.6) is 0 Å². The van der Waals surface area contributed by atoms with E-state index in [1.165, 1.54) is 18.5 Å². The number of rotatable bonds is 5. The number of aromatic nitrogens is 2. The minimum Gasteiger partial charge on any atom is -0.369 e. The van der Waals surface area contributed by atoms with Crippen molar-refractivity contribution in [3.8, 4) is 0 Å². The van der Waals surface area contributed by atoms with Gasteiger partial charge in [-0.05, 0) is 50.4 Å². The van der Waals surface area contributed by atoms with E-state index in [9.17, 15) is 4.79 Å². The maximum Gasteiger partial charge on any atom is 0.236 e. The zero-order valence-electron chi connectivity index (χ0n) is 16.4. The van der Waals surface area contributed by atoms with E-state index in [1.807, 2.05) is 12.3 Å². The van der Waals surface area contributed by atoms with Crippen molar-refractivity contribution in [3.63, 3.8) is 0 Å². The van der Waals surface area contributed by atoms with E-state index < -0.39 is 0 Å². The number of benzene rings is 1. The predicted molar refractivity (Wildman–Crippen MR) is 110 cm³/mol. The molecule has 4 rings (SSSR count). The molecule has 6 nitrogen and oxygen atoms in total. The second-order valence-corrected chi connectivity index (χ2v) is 7.87. The molecule has 2 aliphatic rings. The van der Waals surface area contributed by atoms with Crippen LogP contribution in [0.4, 0.5) is 5.69 Å². The third kappa shape index (κ3) is 4.87. The molecule has 1 amide bonds. The average Bonchev–Trinajstić information content (AvgIpc) is 3.14. The second kappa shape index (κ2) is 9.15. The van der Waals surface area contributed by atoms with Crippen molar-refractivity contribution < 1.29 is 4.79 Å². The Morgan fingerprint density at radius 2 is 1.82 bits per heavy atom. The van der Waals surface area contributed by atoms with Crippen LogP contribution in [0.25, 0.3) is 0 Å². The molecule has 2 saturated heterocycles. The van der Waals surface area contributed by atoms with Gasteiger partial charge in [-0.2, -0.15) is 0 Å². The largest absolute Gasteiger partial charge is 0.369 e. The summed E-state index contributed by atoms with van der Waals surface area (Å²) in [5.41, 5.74) is 2.22. The van der Waals surface area contributed by atoms with Crippen molar-refractivity contribution >= 4 is 11.6 Å². The summed E-state index contributed by atoms with van der Waals surface area (Å²) in [7, 11) is 0. The zero-order chi connectivity index (χ0) is 19.2. The molecule has 0 aliphatic carbocycles. The number of likely N-dealkylation sites (tertiary alicyclic amines) is 1. The van der Waals surface area contributed by atoms with Gasteiger partial charge >= 0.3 is 0 Å². The lowest BCUT2D eigenvalue weighted by molar-refractivity contribution is -0.132. The summed E-state index contributed by atoms with van der Waals surface area (Å²) < 4.78 is 0. The van der Waals surface area contributed by atoms with E-state index >= 15 is 0 Å². The number of hydrogen-bond donors (Lipinski definition) is 0. The maximum absolute atomic E-state index is 13.0. The summed E-state index contributed by atoms with van der Waals surface area (Å²) in [6, 6.07) is 10.5. The van der Waals surface area contributed by atoms with Crippen molar-refractivity contribution in [1.82, 2.24) is 19.8 Å². The molecule has 2 aromatic rings. The van der Waals surface area contributed by atoms with Crippen molar-refractivity contribution in [2.75, 3.05) is 50.7 Å². The summed E-state index contributed by atoms with van der Waals surface area (Å²) in [5.74, 6) is 0.600. The van der Waals surface area contributed by atoms with Crippen LogP contribution in [-0.2, 0) is 11.2 Å². The highest BCUT2D eigenvalue weighted by Gasteiger charge is 2.27. The fourth-order valence-corrected chi connectivity index (χ4v) is 4.30. The number of carbonyl (C=O) groups is 1. The van der Waals surface area contributed by atoms with E-state index in [0.717, 1.165) is 51.4 Å². The van der Waals surface area contributed by atoms with Crippen LogP contribution in [-0.4, -0.2) is 71.5 Å². The van der Waals surface area contributed by atoms with Gasteiger partial charge in [-0.3, -0.25) is 19.7 Å². The van der Waals surface area contributed by atoms with Gasteiger partial charge in [-0.1, -0.05) is 18.2 Å². The molecule has 0 bridgehead atoms. The van der Waals surface area contributed by atoms with Crippen molar-refractivity contribution in [2.45, 2.75) is 19.3 Å². The highest BCUT2D eigenvalue weighted by molar-refractivity contribution is 5.78. The van der Waals surface area contributed by atoms with Gasteiger partial charge in [0.2, 0.25) is 5.91 Å². The standard InChI is InChI=1S/C22H29N5O/c28-22(18-25-10-4-5-11-25)27-13-12-26(21-6-2-1-3-7-21)16-19(17-27)14-20-15-23-8-9-24-20/h1-3,6-9,15,19H,4-5,10-14,16-18H2/t19-/m0/s1. The third-order valence-corrected chi connectivity index (χ3v) is 5.74. The summed E-state index contributed by atoms with van der Waals surface area (Å²) in [6.45, 7) is 6.02. The van der Waals surface area contributed by atoms with Crippen LogP contribution in [0.3, 0.4) is 0 Å². The molecular formula is C22H29N5O. The van der Waals surface area contributed by atoms with E-state index in [1.54, 1.807) is 12.4 Å². The van der Waals surface area contributed by atoms with Gasteiger partial charge in [0.15, 0.2) is 0 Å². The highest BCUT2D eigenvalue weighted by atomic mass is 16.2. The van der Waals surface area contributed by atoms with E-state index in [2.05, 4.69) is 48.9 Å². The Bertz CT molecular complexity index is 748. The van der Waals surface area contributed by atoms with Crippen LogP contribution in [0, 0.1) is 5.92 Å². The summed E-state index contributed by atoms with van der Waals surface area (Å²) in [4.78, 5) is 28.4. The van der Waals surface area contributed by atoms with E-state index in [0.29, 0.717) is 12.5 Å². The molecule has 0 unspecified atom stereocenters. The molecule has 0 saturated carbocycles. The monoisotopic (exact) mass is 379 g/mol. The number of nitrogens with zero attached hydrogens (tertiary/aromatic N) is 5. The molecule has 1 aromatic heterocycles. The summed E-state index contributed by atoms with van der Waals surface area (Å²) >= 11 is 0. The number of anilines is 1. The van der Waals surface area contributed by atoms with Gasteiger partial charge in [-0.15, -0.1) is 0 Å². The topological polar surface area (TPSA) is 52.6 Å². The Hall–Kier alpha value is -2.47. The van der Waals surface area contributed by atoms with Gasteiger partial charge in [0, 0.05) is 50.5 Å². The first-order chi connectivity index (χ1) is 13.8. The number of carbonyl (C=O) groups excluding carboxylic acids is 1. The zero-order valence-corrected chi connectivity index (χ0v) is 16.4. The van der Waals surface area contributed by atoms with E-state index in [4.69, 9.17) is 0 Å². The first-order valence-electron chi connectivity index (χ1n) is 10.3. The molecule has 0 N–H and O–H groups in total.